The first-order valence-corrected chi connectivity index (χ1v) is 5.78. The van der Waals surface area contributed by atoms with Gasteiger partial charge >= 0.3 is 5.97 Å². The lowest BCUT2D eigenvalue weighted by Crippen LogP contribution is -2.26. The van der Waals surface area contributed by atoms with Crippen LogP contribution in [0.5, 0.6) is 5.75 Å². The van der Waals surface area contributed by atoms with Crippen LogP contribution in [-0.2, 0) is 9.59 Å². The lowest BCUT2D eigenvalue weighted by atomic mass is 10.1. The summed E-state index contributed by atoms with van der Waals surface area (Å²) in [6, 6.07) is 4.49. The molecule has 1 heterocycles. The largest absolute Gasteiger partial charge is 0.505 e. The molecule has 1 saturated heterocycles. The smallest absolute Gasteiger partial charge is 0.308 e. The Labute approximate surface area is 109 Å². The summed E-state index contributed by atoms with van der Waals surface area (Å²) in [5.41, 5.74) is 0.297. The molecule has 0 aromatic heterocycles. The highest BCUT2D eigenvalue weighted by atomic mass is 16.4. The molecule has 1 aromatic rings. The molecule has 1 aliphatic heterocycles. The molecule has 1 aliphatic rings. The summed E-state index contributed by atoms with van der Waals surface area (Å²) in [6.07, 6.45) is -0.0981. The van der Waals surface area contributed by atoms with Gasteiger partial charge in [0.05, 0.1) is 17.2 Å². The van der Waals surface area contributed by atoms with Crippen molar-refractivity contribution >= 4 is 23.3 Å². The van der Waals surface area contributed by atoms with Gasteiger partial charge in [0.25, 0.3) is 0 Å². The van der Waals surface area contributed by atoms with E-state index in [0.29, 0.717) is 0 Å². The van der Waals surface area contributed by atoms with E-state index in [1.54, 1.807) is 6.07 Å². The van der Waals surface area contributed by atoms with Crippen LogP contribution < -0.4 is 4.90 Å². The van der Waals surface area contributed by atoms with Crippen LogP contribution in [0.2, 0.25) is 0 Å². The summed E-state index contributed by atoms with van der Waals surface area (Å²) in [4.78, 5) is 35.2. The van der Waals surface area contributed by atoms with Crippen molar-refractivity contribution in [3.05, 3.63) is 23.8 Å². The van der Waals surface area contributed by atoms with E-state index < -0.39 is 11.9 Å². The zero-order valence-electron chi connectivity index (χ0n) is 10.3. The summed E-state index contributed by atoms with van der Waals surface area (Å²) in [5.74, 6) is -2.80. The number of aromatic hydroxyl groups is 1. The molecule has 1 atom stereocenters. The third-order valence-electron chi connectivity index (χ3n) is 3.16. The maximum atomic E-state index is 11.8. The second kappa shape index (κ2) is 4.72. The number of para-hydroxylation sites is 1. The number of hydrogen-bond donors (Lipinski definition) is 2. The predicted octanol–water partition coefficient (Wildman–Crippen LogP) is 1.03. The number of carbonyl (C=O) groups excluding carboxylic acids is 2. The monoisotopic (exact) mass is 263 g/mol. The van der Waals surface area contributed by atoms with Crippen molar-refractivity contribution in [2.45, 2.75) is 13.3 Å². The highest BCUT2D eigenvalue weighted by Gasteiger charge is 2.36. The number of rotatable bonds is 3. The number of ketones is 1. The van der Waals surface area contributed by atoms with Crippen LogP contribution in [-0.4, -0.2) is 34.4 Å². The molecule has 2 N–H and O–H groups in total. The van der Waals surface area contributed by atoms with Crippen LogP contribution in [0.15, 0.2) is 18.2 Å². The second-order valence-corrected chi connectivity index (χ2v) is 4.47. The molecule has 6 heteroatoms. The van der Waals surface area contributed by atoms with Gasteiger partial charge in [-0.15, -0.1) is 0 Å². The number of Topliss-reactive ketones (excluding diaryl/α,β-unsaturated/α-hetero) is 1. The van der Waals surface area contributed by atoms with E-state index in [1.165, 1.54) is 24.0 Å². The van der Waals surface area contributed by atoms with E-state index in [-0.39, 0.29) is 41.7 Å². The van der Waals surface area contributed by atoms with Gasteiger partial charge in [-0.25, -0.2) is 0 Å². The summed E-state index contributed by atoms with van der Waals surface area (Å²) in [6.45, 7) is 1.31. The molecule has 0 bridgehead atoms. The number of carboxylic acids is 1. The number of hydrogen-bond acceptors (Lipinski definition) is 4. The van der Waals surface area contributed by atoms with Gasteiger partial charge in [0.15, 0.2) is 5.78 Å². The molecule has 0 radical (unpaired) electrons. The molecule has 2 rings (SSSR count). The SMILES string of the molecule is CC(=O)c1cccc(N2CC(C(=O)O)CC2=O)c1O. The van der Waals surface area contributed by atoms with E-state index in [4.69, 9.17) is 5.11 Å². The number of anilines is 1. The average molecular weight is 263 g/mol. The molecule has 1 amide bonds. The molecular formula is C13H13NO5. The van der Waals surface area contributed by atoms with E-state index in [1.807, 2.05) is 0 Å². The van der Waals surface area contributed by atoms with Crippen LogP contribution in [0.1, 0.15) is 23.7 Å². The Morgan fingerprint density at radius 2 is 2.05 bits per heavy atom. The zero-order valence-corrected chi connectivity index (χ0v) is 10.3. The molecule has 1 unspecified atom stereocenters. The molecule has 1 aromatic carbocycles. The van der Waals surface area contributed by atoms with Gasteiger partial charge in [-0.2, -0.15) is 0 Å². The second-order valence-electron chi connectivity index (χ2n) is 4.47. The van der Waals surface area contributed by atoms with Crippen LogP contribution in [0.4, 0.5) is 5.69 Å². The first kappa shape index (κ1) is 13.1. The Bertz CT molecular complexity index is 566. The minimum atomic E-state index is -1.04. The summed E-state index contributed by atoms with van der Waals surface area (Å²) < 4.78 is 0. The van der Waals surface area contributed by atoms with E-state index >= 15 is 0 Å². The van der Waals surface area contributed by atoms with Gasteiger partial charge in [-0.05, 0) is 19.1 Å². The molecule has 0 spiro atoms. The Morgan fingerprint density at radius 3 is 2.58 bits per heavy atom. The van der Waals surface area contributed by atoms with Gasteiger partial charge < -0.3 is 15.1 Å². The van der Waals surface area contributed by atoms with Crippen molar-refractivity contribution in [1.29, 1.82) is 0 Å². The number of carboxylic acid groups (broad SMARTS) is 1. The maximum Gasteiger partial charge on any atom is 0.308 e. The molecule has 0 saturated carbocycles. The van der Waals surface area contributed by atoms with Crippen molar-refractivity contribution in [3.8, 4) is 5.75 Å². The van der Waals surface area contributed by atoms with Crippen molar-refractivity contribution in [2.75, 3.05) is 11.4 Å². The first-order valence-electron chi connectivity index (χ1n) is 5.78. The quantitative estimate of drug-likeness (QED) is 0.794. The minimum Gasteiger partial charge on any atom is -0.505 e. The number of nitrogens with zero attached hydrogens (tertiary/aromatic N) is 1. The number of phenols is 1. The fourth-order valence-corrected chi connectivity index (χ4v) is 2.14. The van der Waals surface area contributed by atoms with Gasteiger partial charge in [0.1, 0.15) is 5.75 Å². The van der Waals surface area contributed by atoms with Crippen molar-refractivity contribution < 1.29 is 24.6 Å². The van der Waals surface area contributed by atoms with Crippen molar-refractivity contribution in [2.24, 2.45) is 5.92 Å². The highest BCUT2D eigenvalue weighted by molar-refractivity contribution is 6.04. The van der Waals surface area contributed by atoms with E-state index in [0.717, 1.165) is 0 Å². The molecule has 0 aliphatic carbocycles. The maximum absolute atomic E-state index is 11.8. The number of benzene rings is 1. The Balaban J connectivity index is 2.38. The number of carbonyl (C=O) groups is 3. The Morgan fingerprint density at radius 1 is 1.37 bits per heavy atom. The number of aliphatic carboxylic acids is 1. The molecular weight excluding hydrogens is 250 g/mol. The van der Waals surface area contributed by atoms with Crippen LogP contribution in [0, 0.1) is 5.92 Å². The molecule has 100 valence electrons. The predicted molar refractivity (Wildman–Crippen MR) is 66.2 cm³/mol. The third-order valence-corrected chi connectivity index (χ3v) is 3.16. The van der Waals surface area contributed by atoms with Gasteiger partial charge in [-0.3, -0.25) is 14.4 Å². The van der Waals surface area contributed by atoms with Crippen LogP contribution in [0.3, 0.4) is 0 Å². The van der Waals surface area contributed by atoms with Gasteiger partial charge in [0.2, 0.25) is 5.91 Å². The van der Waals surface area contributed by atoms with Gasteiger partial charge in [-0.1, -0.05) is 6.07 Å². The van der Waals surface area contributed by atoms with Gasteiger partial charge in [0, 0.05) is 13.0 Å². The van der Waals surface area contributed by atoms with E-state index in [9.17, 15) is 19.5 Å². The Kier molecular flexibility index (Phi) is 3.25. The lowest BCUT2D eigenvalue weighted by Gasteiger charge is -2.18. The topological polar surface area (TPSA) is 94.9 Å². The highest BCUT2D eigenvalue weighted by Crippen LogP contribution is 2.35. The van der Waals surface area contributed by atoms with Crippen LogP contribution in [0.25, 0.3) is 0 Å². The number of amides is 1. The fraction of sp³-hybridized carbons (Fsp3) is 0.308. The molecule has 1 fully saturated rings. The lowest BCUT2D eigenvalue weighted by molar-refractivity contribution is -0.141. The summed E-state index contributed by atoms with van der Waals surface area (Å²) in [5, 5.41) is 18.9. The average Bonchev–Trinajstić information content (AvgIpc) is 2.71. The normalized spacial score (nSPS) is 18.7. The third kappa shape index (κ3) is 2.29. The number of phenolic OH excluding ortho intramolecular Hbond substituents is 1. The van der Waals surface area contributed by atoms with Crippen LogP contribution >= 0.6 is 0 Å². The first-order chi connectivity index (χ1) is 8.91. The van der Waals surface area contributed by atoms with Crippen molar-refractivity contribution in [1.82, 2.24) is 0 Å². The Hall–Kier alpha value is -2.37. The summed E-state index contributed by atoms with van der Waals surface area (Å²) in [7, 11) is 0. The standard InChI is InChI=1S/C13H13NO5/c1-7(15)9-3-2-4-10(12(9)17)14-6-8(13(18)19)5-11(14)16/h2-4,8,17H,5-6H2,1H3,(H,18,19). The minimum absolute atomic E-state index is 0.00306. The molecule has 19 heavy (non-hydrogen) atoms. The fourth-order valence-electron chi connectivity index (χ4n) is 2.14. The summed E-state index contributed by atoms with van der Waals surface area (Å²) >= 11 is 0. The van der Waals surface area contributed by atoms with E-state index in [2.05, 4.69) is 0 Å². The molecule has 6 nitrogen and oxygen atoms in total. The zero-order chi connectivity index (χ0) is 14.2. The van der Waals surface area contributed by atoms with Crippen molar-refractivity contribution in [3.63, 3.8) is 0 Å².